The summed E-state index contributed by atoms with van der Waals surface area (Å²) in [6.45, 7) is 0. The molecule has 0 aliphatic rings. The number of rotatable bonds is 3. The second-order valence-corrected chi connectivity index (χ2v) is 4.73. The van der Waals surface area contributed by atoms with Gasteiger partial charge >= 0.3 is 30.4 Å². The summed E-state index contributed by atoms with van der Waals surface area (Å²) < 4.78 is 163. The lowest BCUT2D eigenvalue weighted by molar-refractivity contribution is -0.339. The van der Waals surface area contributed by atoms with Gasteiger partial charge in [0.2, 0.25) is 5.78 Å². The number of carbonyl (C=O) groups is 1. The van der Waals surface area contributed by atoms with Gasteiger partial charge < -0.3 is 0 Å². The maximum Gasteiger partial charge on any atom is 0.460 e. The molecule has 0 aliphatic carbocycles. The van der Waals surface area contributed by atoms with Gasteiger partial charge in [-0.15, -0.1) is 0 Å². The van der Waals surface area contributed by atoms with E-state index >= 15 is 0 Å². The van der Waals surface area contributed by atoms with Crippen LogP contribution in [0.3, 0.4) is 0 Å². The second kappa shape index (κ2) is 6.01. The van der Waals surface area contributed by atoms with E-state index in [2.05, 4.69) is 0 Å². The molecule has 0 atom stereocenters. The molecule has 0 saturated carbocycles. The number of alkyl halides is 13. The highest BCUT2D eigenvalue weighted by atomic mass is 19.4. The minimum absolute atomic E-state index is 0.343. The molecule has 0 amide bonds. The Bertz CT molecular complexity index is 693. The zero-order valence-electron chi connectivity index (χ0n) is 11.6. The van der Waals surface area contributed by atoms with Gasteiger partial charge in [-0.3, -0.25) is 4.79 Å². The largest absolute Gasteiger partial charge is 0.460 e. The zero-order chi connectivity index (χ0) is 20.9. The van der Waals surface area contributed by atoms with Crippen molar-refractivity contribution in [1.29, 1.82) is 0 Å². The van der Waals surface area contributed by atoms with Crippen molar-refractivity contribution in [2.75, 3.05) is 0 Å². The fraction of sp³-hybridized carbons (Fsp3) is 0.417. The summed E-state index contributed by atoms with van der Waals surface area (Å²) in [5.74, 6) is -17.4. The molecule has 0 unspecified atom stereocenters. The first kappa shape index (κ1) is 22.0. The first-order valence-electron chi connectivity index (χ1n) is 5.90. The Kier molecular flexibility index (Phi) is 5.09. The van der Waals surface area contributed by atoms with E-state index in [0.717, 1.165) is 0 Å². The van der Waals surface area contributed by atoms with Crippen LogP contribution in [0.2, 0.25) is 0 Å². The normalized spacial score (nSPS) is 14.5. The predicted molar refractivity (Wildman–Crippen MR) is 56.7 cm³/mol. The fourth-order valence-corrected chi connectivity index (χ4v) is 1.64. The SMILES string of the molecule is O=C(c1ccc(C(F)(F)F)cc1C(F)(F)F)C(F)(F)C(F)(F)C(F)(F)F. The van der Waals surface area contributed by atoms with Gasteiger partial charge in [0.15, 0.2) is 0 Å². The van der Waals surface area contributed by atoms with E-state index in [1.54, 1.807) is 0 Å². The Morgan fingerprint density at radius 2 is 1.15 bits per heavy atom. The highest BCUT2D eigenvalue weighted by Gasteiger charge is 2.76. The molecule has 0 aliphatic heterocycles. The topological polar surface area (TPSA) is 17.1 Å². The first-order valence-corrected chi connectivity index (χ1v) is 5.90. The maximum absolute atomic E-state index is 13.3. The molecule has 0 spiro atoms. The molecule has 1 rings (SSSR count). The average molecular weight is 410 g/mol. The van der Waals surface area contributed by atoms with Crippen LogP contribution < -0.4 is 0 Å². The lowest BCUT2D eigenvalue weighted by Gasteiger charge is -2.27. The van der Waals surface area contributed by atoms with Crippen LogP contribution in [0, 0.1) is 0 Å². The summed E-state index contributed by atoms with van der Waals surface area (Å²) in [4.78, 5) is 11.3. The number of benzene rings is 1. The minimum Gasteiger partial charge on any atom is -0.287 e. The second-order valence-electron chi connectivity index (χ2n) is 4.73. The summed E-state index contributed by atoms with van der Waals surface area (Å²) in [7, 11) is 0. The Morgan fingerprint density at radius 1 is 0.692 bits per heavy atom. The highest BCUT2D eigenvalue weighted by molar-refractivity contribution is 6.03. The van der Waals surface area contributed by atoms with Crippen molar-refractivity contribution in [3.05, 3.63) is 34.9 Å². The van der Waals surface area contributed by atoms with Crippen molar-refractivity contribution in [2.45, 2.75) is 30.4 Å². The van der Waals surface area contributed by atoms with E-state index in [-0.39, 0.29) is 6.07 Å². The maximum atomic E-state index is 13.3. The third kappa shape index (κ3) is 3.72. The summed E-state index contributed by atoms with van der Waals surface area (Å²) in [5, 5.41) is 0. The molecular weight excluding hydrogens is 407 g/mol. The number of carbonyl (C=O) groups excluding carboxylic acids is 1. The molecule has 0 saturated heterocycles. The lowest BCUT2D eigenvalue weighted by atomic mass is 9.94. The van der Waals surface area contributed by atoms with Gasteiger partial charge in [-0.25, -0.2) is 0 Å². The Hall–Kier alpha value is -2.02. The molecule has 148 valence electrons. The molecule has 0 radical (unpaired) electrons. The van der Waals surface area contributed by atoms with Crippen LogP contribution in [-0.2, 0) is 12.4 Å². The van der Waals surface area contributed by atoms with E-state index in [1.165, 1.54) is 0 Å². The zero-order valence-corrected chi connectivity index (χ0v) is 11.6. The van der Waals surface area contributed by atoms with E-state index < -0.39 is 65.0 Å². The minimum atomic E-state index is -7.07. The summed E-state index contributed by atoms with van der Waals surface area (Å²) in [5.41, 5.74) is -7.30. The Labute approximate surface area is 134 Å². The van der Waals surface area contributed by atoms with Crippen LogP contribution in [0.15, 0.2) is 18.2 Å². The van der Waals surface area contributed by atoms with Gasteiger partial charge in [-0.2, -0.15) is 57.1 Å². The van der Waals surface area contributed by atoms with E-state index in [9.17, 15) is 61.9 Å². The van der Waals surface area contributed by atoms with Crippen molar-refractivity contribution in [3.63, 3.8) is 0 Å². The van der Waals surface area contributed by atoms with Crippen molar-refractivity contribution in [2.24, 2.45) is 0 Å². The van der Waals surface area contributed by atoms with Gasteiger partial charge in [0.1, 0.15) is 0 Å². The quantitative estimate of drug-likeness (QED) is 0.459. The smallest absolute Gasteiger partial charge is 0.287 e. The molecule has 0 N–H and O–H groups in total. The van der Waals surface area contributed by atoms with Gasteiger partial charge in [-0.05, 0) is 18.2 Å². The lowest BCUT2D eigenvalue weighted by Crippen LogP contribution is -2.56. The van der Waals surface area contributed by atoms with E-state index in [0.29, 0.717) is 0 Å². The predicted octanol–water partition coefficient (Wildman–Crippen LogP) is 5.74. The van der Waals surface area contributed by atoms with Gasteiger partial charge in [0, 0.05) is 5.56 Å². The standard InChI is InChI=1S/C12H3F13O/c13-8(14,11(21,22)12(23,24)25)7(26)5-2-1-4(9(15,16)17)3-6(5)10(18,19)20/h1-3H. The molecule has 1 nitrogen and oxygen atoms in total. The number of hydrogen-bond acceptors (Lipinski definition) is 1. The molecule has 1 aromatic carbocycles. The first-order chi connectivity index (χ1) is 11.2. The van der Waals surface area contributed by atoms with Crippen molar-refractivity contribution < 1.29 is 61.9 Å². The molecule has 0 heterocycles. The number of Topliss-reactive ketones (excluding diaryl/α,β-unsaturated/α-hetero) is 1. The molecule has 14 heteroatoms. The third-order valence-corrected chi connectivity index (χ3v) is 2.93. The van der Waals surface area contributed by atoms with Gasteiger partial charge in [-0.1, -0.05) is 0 Å². The highest BCUT2D eigenvalue weighted by Crippen LogP contribution is 2.49. The van der Waals surface area contributed by atoms with E-state index in [4.69, 9.17) is 0 Å². The molecule has 1 aromatic rings. The summed E-state index contributed by atoms with van der Waals surface area (Å²) in [6, 6.07) is -1.74. The van der Waals surface area contributed by atoms with Crippen LogP contribution in [0.5, 0.6) is 0 Å². The van der Waals surface area contributed by atoms with E-state index in [1.807, 2.05) is 0 Å². The van der Waals surface area contributed by atoms with Crippen molar-refractivity contribution in [1.82, 2.24) is 0 Å². The number of ketones is 1. The molecule has 0 fully saturated rings. The third-order valence-electron chi connectivity index (χ3n) is 2.93. The van der Waals surface area contributed by atoms with Crippen LogP contribution in [0.1, 0.15) is 21.5 Å². The van der Waals surface area contributed by atoms with Crippen LogP contribution in [0.25, 0.3) is 0 Å². The molecular formula is C12H3F13O. The Balaban J connectivity index is 3.63. The van der Waals surface area contributed by atoms with Gasteiger partial charge in [0.25, 0.3) is 0 Å². The summed E-state index contributed by atoms with van der Waals surface area (Å²) >= 11 is 0. The van der Waals surface area contributed by atoms with Crippen LogP contribution >= 0.6 is 0 Å². The van der Waals surface area contributed by atoms with Gasteiger partial charge in [0.05, 0.1) is 11.1 Å². The van der Waals surface area contributed by atoms with Crippen molar-refractivity contribution in [3.8, 4) is 0 Å². The number of halogens is 13. The van der Waals surface area contributed by atoms with Crippen molar-refractivity contribution >= 4 is 5.78 Å². The fourth-order valence-electron chi connectivity index (χ4n) is 1.64. The summed E-state index contributed by atoms with van der Waals surface area (Å²) in [6.07, 6.45) is -18.4. The molecule has 26 heavy (non-hydrogen) atoms. The molecule has 0 bridgehead atoms. The number of hydrogen-bond donors (Lipinski definition) is 0. The monoisotopic (exact) mass is 410 g/mol. The Morgan fingerprint density at radius 3 is 1.50 bits per heavy atom. The average Bonchev–Trinajstić information content (AvgIpc) is 2.42. The van der Waals surface area contributed by atoms with Crippen LogP contribution in [-0.4, -0.2) is 23.8 Å². The van der Waals surface area contributed by atoms with Crippen LogP contribution in [0.4, 0.5) is 57.1 Å². The molecule has 0 aromatic heterocycles.